The van der Waals surface area contributed by atoms with Crippen molar-refractivity contribution in [3.05, 3.63) is 39.5 Å². The Hall–Kier alpha value is -0.830. The molecule has 2 aromatic rings. The van der Waals surface area contributed by atoms with Crippen LogP contribution in [0, 0.1) is 6.92 Å². The third-order valence-electron chi connectivity index (χ3n) is 3.94. The summed E-state index contributed by atoms with van der Waals surface area (Å²) in [5, 5.41) is 1.92. The first kappa shape index (κ1) is 13.2. The van der Waals surface area contributed by atoms with Gasteiger partial charge >= 0.3 is 0 Å². The van der Waals surface area contributed by atoms with Gasteiger partial charge in [0.25, 0.3) is 0 Å². The number of rotatable bonds is 1. The van der Waals surface area contributed by atoms with E-state index >= 15 is 0 Å². The predicted molar refractivity (Wildman–Crippen MR) is 81.1 cm³/mol. The molecule has 0 fully saturated rings. The van der Waals surface area contributed by atoms with E-state index in [0.717, 1.165) is 41.0 Å². The first-order valence-corrected chi connectivity index (χ1v) is 7.37. The van der Waals surface area contributed by atoms with E-state index in [0.29, 0.717) is 5.88 Å². The molecule has 0 saturated carbocycles. The number of aromatic nitrogens is 1. The molecule has 0 atom stereocenters. The van der Waals surface area contributed by atoms with Gasteiger partial charge in [-0.05, 0) is 36.7 Å². The van der Waals surface area contributed by atoms with Gasteiger partial charge in [-0.3, -0.25) is 4.98 Å². The first-order valence-electron chi connectivity index (χ1n) is 6.45. The molecule has 0 amide bonds. The number of alkyl halides is 1. The maximum atomic E-state index is 6.21. The van der Waals surface area contributed by atoms with Gasteiger partial charge in [0.1, 0.15) is 0 Å². The van der Waals surface area contributed by atoms with Gasteiger partial charge in [0, 0.05) is 41.5 Å². The molecule has 0 spiro atoms. The molecule has 0 N–H and O–H groups in total. The lowest BCUT2D eigenvalue weighted by atomic mass is 9.96. The maximum Gasteiger partial charge on any atom is 0.0752 e. The zero-order valence-corrected chi connectivity index (χ0v) is 12.6. The highest BCUT2D eigenvalue weighted by molar-refractivity contribution is 6.32. The number of pyridine rings is 1. The molecule has 19 heavy (non-hydrogen) atoms. The number of likely N-dealkylation sites (N-methyl/N-ethyl adjacent to an activating group) is 1. The second-order valence-corrected chi connectivity index (χ2v) is 5.88. The molecule has 0 aliphatic carbocycles. The Balaban J connectivity index is 2.35. The molecule has 0 unspecified atom stereocenters. The highest BCUT2D eigenvalue weighted by Gasteiger charge is 2.21. The number of benzene rings is 1. The van der Waals surface area contributed by atoms with Crippen molar-refractivity contribution in [3.63, 3.8) is 0 Å². The molecule has 0 bridgehead atoms. The van der Waals surface area contributed by atoms with Crippen molar-refractivity contribution >= 4 is 34.1 Å². The van der Waals surface area contributed by atoms with Crippen molar-refractivity contribution in [3.8, 4) is 0 Å². The minimum atomic E-state index is 0.524. The lowest BCUT2D eigenvalue weighted by Crippen LogP contribution is -2.28. The summed E-state index contributed by atoms with van der Waals surface area (Å²) in [7, 11) is 2.14. The zero-order chi connectivity index (χ0) is 13.6. The van der Waals surface area contributed by atoms with Crippen molar-refractivity contribution < 1.29 is 0 Å². The van der Waals surface area contributed by atoms with E-state index in [4.69, 9.17) is 28.2 Å². The highest BCUT2D eigenvalue weighted by atomic mass is 35.5. The number of fused-ring (bicyclic) bond motifs is 2. The Morgan fingerprint density at radius 3 is 2.89 bits per heavy atom. The molecule has 1 aromatic heterocycles. The summed E-state index contributed by atoms with van der Waals surface area (Å²) in [4.78, 5) is 7.16. The fourth-order valence-electron chi connectivity index (χ4n) is 2.79. The zero-order valence-electron chi connectivity index (χ0n) is 11.1. The molecule has 3 rings (SSSR count). The van der Waals surface area contributed by atoms with Crippen molar-refractivity contribution in [1.29, 1.82) is 0 Å². The molecule has 100 valence electrons. The van der Waals surface area contributed by atoms with Crippen LogP contribution in [-0.2, 0) is 18.8 Å². The van der Waals surface area contributed by atoms with Gasteiger partial charge in [0.05, 0.1) is 5.52 Å². The Morgan fingerprint density at radius 1 is 1.37 bits per heavy atom. The summed E-state index contributed by atoms with van der Waals surface area (Å²) in [6.45, 7) is 4.01. The van der Waals surface area contributed by atoms with E-state index < -0.39 is 0 Å². The summed E-state index contributed by atoms with van der Waals surface area (Å²) < 4.78 is 0. The third kappa shape index (κ3) is 2.12. The maximum absolute atomic E-state index is 6.21. The molecule has 1 aromatic carbocycles. The predicted octanol–water partition coefficient (Wildman–Crippen LogP) is 3.92. The number of hydrogen-bond acceptors (Lipinski definition) is 2. The van der Waals surface area contributed by atoms with Gasteiger partial charge in [-0.25, -0.2) is 0 Å². The van der Waals surface area contributed by atoms with E-state index in [2.05, 4.69) is 11.9 Å². The fraction of sp³-hybridized carbons (Fsp3) is 0.400. The number of halogens is 2. The van der Waals surface area contributed by atoms with Crippen molar-refractivity contribution in [1.82, 2.24) is 9.88 Å². The average Bonchev–Trinajstić information content (AvgIpc) is 2.41. The van der Waals surface area contributed by atoms with Crippen LogP contribution in [0.15, 0.2) is 12.1 Å². The standard InChI is InChI=1S/C15H16Cl2N2/c1-9-13(17)4-3-10-11(7-16)12-8-19(2)6-5-14(12)18-15(9)10/h3-4H,5-8H2,1-2H3. The average molecular weight is 295 g/mol. The van der Waals surface area contributed by atoms with Crippen molar-refractivity contribution in [2.75, 3.05) is 13.6 Å². The van der Waals surface area contributed by atoms with Gasteiger partial charge in [-0.15, -0.1) is 11.6 Å². The highest BCUT2D eigenvalue weighted by Crippen LogP contribution is 2.32. The van der Waals surface area contributed by atoms with Crippen LogP contribution in [0.25, 0.3) is 10.9 Å². The smallest absolute Gasteiger partial charge is 0.0752 e. The summed E-state index contributed by atoms with van der Waals surface area (Å²) >= 11 is 12.4. The molecule has 1 aliphatic rings. The molecular weight excluding hydrogens is 279 g/mol. The fourth-order valence-corrected chi connectivity index (χ4v) is 3.25. The van der Waals surface area contributed by atoms with Crippen LogP contribution < -0.4 is 0 Å². The monoisotopic (exact) mass is 294 g/mol. The molecule has 4 heteroatoms. The summed E-state index contributed by atoms with van der Waals surface area (Å²) in [6.07, 6.45) is 0.984. The van der Waals surface area contributed by atoms with E-state index in [1.54, 1.807) is 0 Å². The molecule has 0 radical (unpaired) electrons. The van der Waals surface area contributed by atoms with Crippen LogP contribution in [0.1, 0.15) is 22.4 Å². The van der Waals surface area contributed by atoms with Crippen molar-refractivity contribution in [2.45, 2.75) is 25.8 Å². The second kappa shape index (κ2) is 4.93. The first-order chi connectivity index (χ1) is 9.11. The minimum Gasteiger partial charge on any atom is -0.302 e. The van der Waals surface area contributed by atoms with Crippen molar-refractivity contribution in [2.24, 2.45) is 0 Å². The molecule has 1 aliphatic heterocycles. The van der Waals surface area contributed by atoms with E-state index in [9.17, 15) is 0 Å². The molecular formula is C15H16Cl2N2. The quantitative estimate of drug-likeness (QED) is 0.741. The Bertz CT molecular complexity index is 652. The lowest BCUT2D eigenvalue weighted by Gasteiger charge is -2.27. The molecule has 2 heterocycles. The Kier molecular flexibility index (Phi) is 3.42. The van der Waals surface area contributed by atoms with Crippen LogP contribution in [0.2, 0.25) is 5.02 Å². The van der Waals surface area contributed by atoms with Gasteiger partial charge in [-0.1, -0.05) is 17.7 Å². The van der Waals surface area contributed by atoms with Crippen LogP contribution in [-0.4, -0.2) is 23.5 Å². The Morgan fingerprint density at radius 2 is 2.16 bits per heavy atom. The van der Waals surface area contributed by atoms with E-state index in [1.807, 2.05) is 19.1 Å². The van der Waals surface area contributed by atoms with Crippen LogP contribution >= 0.6 is 23.2 Å². The summed E-state index contributed by atoms with van der Waals surface area (Å²) in [5.74, 6) is 0.524. The summed E-state index contributed by atoms with van der Waals surface area (Å²) in [6, 6.07) is 3.99. The van der Waals surface area contributed by atoms with Crippen LogP contribution in [0.3, 0.4) is 0 Å². The lowest BCUT2D eigenvalue weighted by molar-refractivity contribution is 0.309. The second-order valence-electron chi connectivity index (χ2n) is 5.21. The van der Waals surface area contributed by atoms with Gasteiger partial charge < -0.3 is 4.90 Å². The number of nitrogens with zero attached hydrogens (tertiary/aromatic N) is 2. The van der Waals surface area contributed by atoms with Crippen LogP contribution in [0.5, 0.6) is 0 Å². The van der Waals surface area contributed by atoms with Gasteiger partial charge in [0.2, 0.25) is 0 Å². The van der Waals surface area contributed by atoms with E-state index in [-0.39, 0.29) is 0 Å². The van der Waals surface area contributed by atoms with E-state index in [1.165, 1.54) is 16.8 Å². The van der Waals surface area contributed by atoms with Gasteiger partial charge in [0.15, 0.2) is 0 Å². The number of hydrogen-bond donors (Lipinski definition) is 0. The van der Waals surface area contributed by atoms with Gasteiger partial charge in [-0.2, -0.15) is 0 Å². The minimum absolute atomic E-state index is 0.524. The Labute approximate surface area is 123 Å². The normalized spacial score (nSPS) is 15.8. The topological polar surface area (TPSA) is 16.1 Å². The molecule has 0 saturated heterocycles. The largest absolute Gasteiger partial charge is 0.302 e. The summed E-state index contributed by atoms with van der Waals surface area (Å²) in [5.41, 5.74) is 5.76. The third-order valence-corrected chi connectivity index (χ3v) is 4.62. The number of aryl methyl sites for hydroxylation is 1. The SMILES string of the molecule is Cc1c(Cl)ccc2c(CCl)c3c(nc12)CCN(C)C3. The molecule has 2 nitrogen and oxygen atoms in total. The van der Waals surface area contributed by atoms with Crippen LogP contribution in [0.4, 0.5) is 0 Å².